The number of anilines is 1. The van der Waals surface area contributed by atoms with Crippen LogP contribution in [-0.4, -0.2) is 29.9 Å². The zero-order valence-corrected chi connectivity index (χ0v) is 14.9. The van der Waals surface area contributed by atoms with Gasteiger partial charge in [-0.25, -0.2) is 14.4 Å². The molecule has 0 fully saturated rings. The Balaban J connectivity index is 2.22. The van der Waals surface area contributed by atoms with Gasteiger partial charge in [-0.1, -0.05) is 32.0 Å². The normalized spacial score (nSPS) is 15.3. The van der Waals surface area contributed by atoms with E-state index in [4.69, 9.17) is 16.3 Å². The fraction of sp³-hybridized carbons (Fsp3) is 0.278. The Bertz CT molecular complexity index is 896. The average molecular weight is 362 g/mol. The summed E-state index contributed by atoms with van der Waals surface area (Å²) in [5.41, 5.74) is 1.35. The van der Waals surface area contributed by atoms with E-state index < -0.39 is 5.82 Å². The van der Waals surface area contributed by atoms with Crippen LogP contribution in [0.3, 0.4) is 0 Å². The molecule has 0 saturated carbocycles. The van der Waals surface area contributed by atoms with Crippen LogP contribution < -0.4 is 10.1 Å². The summed E-state index contributed by atoms with van der Waals surface area (Å²) in [5, 5.41) is 3.32. The summed E-state index contributed by atoms with van der Waals surface area (Å²) in [4.78, 5) is 20.2. The Morgan fingerprint density at radius 2 is 2.12 bits per heavy atom. The largest absolute Gasteiger partial charge is 0.492 e. The number of aromatic nitrogens is 2. The first kappa shape index (κ1) is 17.4. The molecular formula is C18H17ClFN3O2. The Hall–Kier alpha value is -2.47. The van der Waals surface area contributed by atoms with Crippen LogP contribution in [0.1, 0.15) is 29.9 Å². The molecular weight excluding hydrogens is 345 g/mol. The number of halogens is 2. The molecule has 2 aromatic rings. The highest BCUT2D eigenvalue weighted by molar-refractivity contribution is 6.32. The van der Waals surface area contributed by atoms with Gasteiger partial charge < -0.3 is 10.1 Å². The third kappa shape index (κ3) is 2.76. The fourth-order valence-corrected chi connectivity index (χ4v) is 2.97. The molecule has 1 N–H and O–H groups in total. The van der Waals surface area contributed by atoms with E-state index in [2.05, 4.69) is 21.9 Å². The average Bonchev–Trinajstić information content (AvgIpc) is 2.58. The van der Waals surface area contributed by atoms with Crippen molar-refractivity contribution >= 4 is 29.3 Å². The highest BCUT2D eigenvalue weighted by atomic mass is 35.5. The Morgan fingerprint density at radius 1 is 1.40 bits per heavy atom. The first-order chi connectivity index (χ1) is 11.8. The summed E-state index contributed by atoms with van der Waals surface area (Å²) in [6.45, 7) is 8.71. The molecule has 0 spiro atoms. The third-order valence-electron chi connectivity index (χ3n) is 4.36. The van der Waals surface area contributed by atoms with E-state index in [1.54, 1.807) is 0 Å². The monoisotopic (exact) mass is 361 g/mol. The number of carbonyl (C=O) groups excluding carboxylic acids is 1. The molecule has 3 rings (SSSR count). The number of aldehydes is 1. The first-order valence-corrected chi connectivity index (χ1v) is 8.01. The SMILES string of the molecule is C=C1c2c(C=O)nc(-c3ccc(Cl)c(OC)c3F)nc2NCC1(C)C. The second kappa shape index (κ2) is 6.11. The lowest BCUT2D eigenvalue weighted by Gasteiger charge is -2.34. The lowest BCUT2D eigenvalue weighted by molar-refractivity contribution is 0.111. The molecule has 130 valence electrons. The van der Waals surface area contributed by atoms with Gasteiger partial charge in [-0.2, -0.15) is 0 Å². The zero-order chi connectivity index (χ0) is 18.4. The Labute approximate surface area is 149 Å². The molecule has 1 aromatic carbocycles. The minimum absolute atomic E-state index is 0.0772. The van der Waals surface area contributed by atoms with Crippen LogP contribution >= 0.6 is 11.6 Å². The van der Waals surface area contributed by atoms with Crippen molar-refractivity contribution in [3.05, 3.63) is 40.8 Å². The lowest BCUT2D eigenvalue weighted by atomic mass is 9.78. The van der Waals surface area contributed by atoms with Gasteiger partial charge in [0.15, 0.2) is 23.7 Å². The van der Waals surface area contributed by atoms with E-state index in [0.717, 1.165) is 5.57 Å². The number of methoxy groups -OCH3 is 1. The van der Waals surface area contributed by atoms with Gasteiger partial charge in [0.05, 0.1) is 17.7 Å². The van der Waals surface area contributed by atoms with E-state index >= 15 is 0 Å². The number of hydrogen-bond donors (Lipinski definition) is 1. The van der Waals surface area contributed by atoms with Gasteiger partial charge in [-0.05, 0) is 17.7 Å². The van der Waals surface area contributed by atoms with Gasteiger partial charge >= 0.3 is 0 Å². The Morgan fingerprint density at radius 3 is 2.76 bits per heavy atom. The van der Waals surface area contributed by atoms with Crippen LogP contribution in [0, 0.1) is 11.2 Å². The molecule has 1 aliphatic heterocycles. The van der Waals surface area contributed by atoms with Crippen molar-refractivity contribution < 1.29 is 13.9 Å². The number of ether oxygens (including phenoxy) is 1. The summed E-state index contributed by atoms with van der Waals surface area (Å²) in [7, 11) is 1.33. The van der Waals surface area contributed by atoms with Gasteiger partial charge in [0.2, 0.25) is 0 Å². The van der Waals surface area contributed by atoms with Crippen LogP contribution in [-0.2, 0) is 0 Å². The number of benzene rings is 1. The summed E-state index contributed by atoms with van der Waals surface area (Å²) in [6.07, 6.45) is 0.628. The summed E-state index contributed by atoms with van der Waals surface area (Å²) < 4.78 is 19.7. The van der Waals surface area contributed by atoms with Crippen molar-refractivity contribution in [2.24, 2.45) is 5.41 Å². The predicted molar refractivity (Wildman–Crippen MR) is 95.7 cm³/mol. The highest BCUT2D eigenvalue weighted by Crippen LogP contribution is 2.42. The zero-order valence-electron chi connectivity index (χ0n) is 14.1. The summed E-state index contributed by atoms with van der Waals surface area (Å²) in [6, 6.07) is 2.95. The number of fused-ring (bicyclic) bond motifs is 1. The predicted octanol–water partition coefficient (Wildman–Crippen LogP) is 4.22. The standard InChI is InChI=1S/C18H17ClFN3O2/c1-9-13-12(7-24)22-16(23-17(13)21-8-18(9,2)3)10-5-6-11(19)15(25-4)14(10)20/h5-7H,1,8H2,2-4H3,(H,21,22,23). The highest BCUT2D eigenvalue weighted by Gasteiger charge is 2.33. The molecule has 1 aliphatic rings. The van der Waals surface area contributed by atoms with Crippen molar-refractivity contribution in [2.75, 3.05) is 19.0 Å². The molecule has 7 heteroatoms. The van der Waals surface area contributed by atoms with E-state index in [-0.39, 0.29) is 33.3 Å². The van der Waals surface area contributed by atoms with Crippen molar-refractivity contribution in [2.45, 2.75) is 13.8 Å². The van der Waals surface area contributed by atoms with Gasteiger partial charge in [0.25, 0.3) is 0 Å². The van der Waals surface area contributed by atoms with Crippen molar-refractivity contribution in [3.63, 3.8) is 0 Å². The lowest BCUT2D eigenvalue weighted by Crippen LogP contribution is -2.31. The molecule has 0 unspecified atom stereocenters. The maximum absolute atomic E-state index is 14.7. The molecule has 1 aromatic heterocycles. The number of rotatable bonds is 3. The molecule has 0 saturated heterocycles. The van der Waals surface area contributed by atoms with Crippen LogP contribution in [0.4, 0.5) is 10.2 Å². The quantitative estimate of drug-likeness (QED) is 0.829. The molecule has 0 amide bonds. The fourth-order valence-electron chi connectivity index (χ4n) is 2.75. The maximum atomic E-state index is 14.7. The minimum atomic E-state index is -0.679. The maximum Gasteiger partial charge on any atom is 0.177 e. The van der Waals surface area contributed by atoms with Crippen LogP contribution in [0.25, 0.3) is 17.0 Å². The first-order valence-electron chi connectivity index (χ1n) is 7.63. The molecule has 25 heavy (non-hydrogen) atoms. The minimum Gasteiger partial charge on any atom is -0.492 e. The second-order valence-electron chi connectivity index (χ2n) is 6.43. The van der Waals surface area contributed by atoms with Gasteiger partial charge in [0, 0.05) is 17.5 Å². The number of carbonyl (C=O) groups is 1. The smallest absolute Gasteiger partial charge is 0.177 e. The molecule has 2 heterocycles. The van der Waals surface area contributed by atoms with Crippen LogP contribution in [0.5, 0.6) is 5.75 Å². The molecule has 0 bridgehead atoms. The van der Waals surface area contributed by atoms with E-state index in [1.807, 2.05) is 13.8 Å². The molecule has 0 atom stereocenters. The number of nitrogens with zero attached hydrogens (tertiary/aromatic N) is 2. The summed E-state index contributed by atoms with van der Waals surface area (Å²) in [5.74, 6) is -0.230. The topological polar surface area (TPSA) is 64.1 Å². The van der Waals surface area contributed by atoms with E-state index in [0.29, 0.717) is 24.2 Å². The molecule has 0 aliphatic carbocycles. The van der Waals surface area contributed by atoms with Crippen molar-refractivity contribution in [1.29, 1.82) is 0 Å². The second-order valence-corrected chi connectivity index (χ2v) is 6.84. The van der Waals surface area contributed by atoms with Crippen molar-refractivity contribution in [1.82, 2.24) is 9.97 Å². The summed E-state index contributed by atoms with van der Waals surface area (Å²) >= 11 is 5.93. The number of hydrogen-bond acceptors (Lipinski definition) is 5. The third-order valence-corrected chi connectivity index (χ3v) is 4.66. The van der Waals surface area contributed by atoms with Gasteiger partial charge in [-0.3, -0.25) is 4.79 Å². The molecule has 5 nitrogen and oxygen atoms in total. The van der Waals surface area contributed by atoms with Gasteiger partial charge in [-0.15, -0.1) is 0 Å². The van der Waals surface area contributed by atoms with E-state index in [9.17, 15) is 9.18 Å². The van der Waals surface area contributed by atoms with Crippen molar-refractivity contribution in [3.8, 4) is 17.1 Å². The van der Waals surface area contributed by atoms with E-state index in [1.165, 1.54) is 19.2 Å². The Kier molecular flexibility index (Phi) is 4.24. The number of nitrogens with one attached hydrogen (secondary N) is 1. The molecule has 0 radical (unpaired) electrons. The van der Waals surface area contributed by atoms with Gasteiger partial charge in [0.1, 0.15) is 11.5 Å². The van der Waals surface area contributed by atoms with Crippen LogP contribution in [0.2, 0.25) is 5.02 Å². The van der Waals surface area contributed by atoms with Crippen LogP contribution in [0.15, 0.2) is 18.7 Å².